The molecule has 0 saturated carbocycles. The van der Waals surface area contributed by atoms with Gasteiger partial charge in [-0.05, 0) is 35.8 Å². The van der Waals surface area contributed by atoms with Crippen LogP contribution in [-0.4, -0.2) is 56.7 Å². The Labute approximate surface area is 162 Å². The minimum atomic E-state index is -4.58. The molecule has 3 heterocycles. The number of anilines is 1. The van der Waals surface area contributed by atoms with Gasteiger partial charge in [-0.1, -0.05) is 0 Å². The Hall–Kier alpha value is -2.17. The van der Waals surface area contributed by atoms with Crippen LogP contribution in [0.5, 0.6) is 0 Å². The van der Waals surface area contributed by atoms with Gasteiger partial charge < -0.3 is 9.80 Å². The second kappa shape index (κ2) is 7.45. The van der Waals surface area contributed by atoms with Gasteiger partial charge in [0.25, 0.3) is 0 Å². The van der Waals surface area contributed by atoms with Crippen LogP contribution in [0.1, 0.15) is 24.4 Å². The van der Waals surface area contributed by atoms with Crippen molar-refractivity contribution >= 4 is 27.8 Å². The highest BCUT2D eigenvalue weighted by Crippen LogP contribution is 2.36. The van der Waals surface area contributed by atoms with Crippen LogP contribution in [0.25, 0.3) is 0 Å². The summed E-state index contributed by atoms with van der Waals surface area (Å²) in [4.78, 5) is 24.8. The smallest absolute Gasteiger partial charge is 0.337 e. The molecule has 1 amide bonds. The van der Waals surface area contributed by atoms with E-state index in [2.05, 4.69) is 31.0 Å². The Balaban J connectivity index is 1.70. The van der Waals surface area contributed by atoms with E-state index in [0.29, 0.717) is 32.1 Å². The third kappa shape index (κ3) is 3.92. The van der Waals surface area contributed by atoms with Crippen molar-refractivity contribution in [3.8, 4) is 0 Å². The Bertz CT molecular complexity index is 818. The third-order valence-electron chi connectivity index (χ3n) is 4.50. The summed E-state index contributed by atoms with van der Waals surface area (Å²) in [7, 11) is 0. The van der Waals surface area contributed by atoms with Crippen molar-refractivity contribution in [3.63, 3.8) is 0 Å². The van der Waals surface area contributed by atoms with Gasteiger partial charge in [-0.15, -0.1) is 0 Å². The molecule has 146 valence electrons. The minimum Gasteiger partial charge on any atom is -0.337 e. The number of alkyl halides is 3. The Morgan fingerprint density at radius 3 is 2.30 bits per heavy atom. The molecule has 0 bridgehead atoms. The summed E-state index contributed by atoms with van der Waals surface area (Å²) in [5.41, 5.74) is -0.759. The van der Waals surface area contributed by atoms with Crippen LogP contribution in [0.3, 0.4) is 0 Å². The van der Waals surface area contributed by atoms with Crippen LogP contribution in [0.4, 0.5) is 19.1 Å². The second-order valence-corrected chi connectivity index (χ2v) is 7.02. The normalized spacial score (nSPS) is 16.5. The van der Waals surface area contributed by atoms with Crippen LogP contribution >= 0.6 is 15.9 Å². The molecule has 0 aliphatic carbocycles. The Morgan fingerprint density at radius 2 is 1.78 bits per heavy atom. The molecule has 1 fully saturated rings. The number of rotatable bonds is 3. The number of carbonyl (C=O) groups is 1. The number of halogens is 4. The van der Waals surface area contributed by atoms with E-state index in [-0.39, 0.29) is 16.1 Å². The maximum absolute atomic E-state index is 13.0. The highest BCUT2D eigenvalue weighted by Gasteiger charge is 2.39. The average molecular weight is 447 g/mol. The van der Waals surface area contributed by atoms with Gasteiger partial charge in [0, 0.05) is 38.6 Å². The zero-order valence-corrected chi connectivity index (χ0v) is 16.3. The van der Waals surface area contributed by atoms with Crippen LogP contribution in [-0.2, 0) is 11.0 Å². The fourth-order valence-corrected chi connectivity index (χ4v) is 3.49. The van der Waals surface area contributed by atoms with Crippen LogP contribution in [0, 0.1) is 6.92 Å². The van der Waals surface area contributed by atoms with Crippen molar-refractivity contribution in [3.05, 3.63) is 34.3 Å². The van der Waals surface area contributed by atoms with E-state index in [1.54, 1.807) is 30.3 Å². The first-order valence-electron chi connectivity index (χ1n) is 8.32. The quantitative estimate of drug-likeness (QED) is 0.724. The van der Waals surface area contributed by atoms with Gasteiger partial charge >= 0.3 is 6.18 Å². The third-order valence-corrected chi connectivity index (χ3v) is 5.45. The number of aromatic nitrogens is 4. The molecule has 1 atom stereocenters. The lowest BCUT2D eigenvalue weighted by atomic mass is 10.2. The molecule has 27 heavy (non-hydrogen) atoms. The first-order valence-corrected chi connectivity index (χ1v) is 9.12. The summed E-state index contributed by atoms with van der Waals surface area (Å²) >= 11 is 2.94. The minimum absolute atomic E-state index is 0.138. The summed E-state index contributed by atoms with van der Waals surface area (Å²) in [5, 5.41) is 3.63. The number of carbonyl (C=O) groups excluding carboxylic acids is 1. The summed E-state index contributed by atoms with van der Waals surface area (Å²) in [5.74, 6) is 0.328. The highest BCUT2D eigenvalue weighted by molar-refractivity contribution is 9.10. The van der Waals surface area contributed by atoms with Crippen LogP contribution < -0.4 is 4.90 Å². The van der Waals surface area contributed by atoms with Gasteiger partial charge in [0.1, 0.15) is 6.04 Å². The zero-order chi connectivity index (χ0) is 19.8. The standard InChI is InChI=1S/C16H18BrF3N6O/c1-10-12(17)13(16(18,19)20)23-26(10)11(2)14(27)24-6-8-25(9-7-24)15-21-4-3-5-22-15/h3-5,11H,6-9H2,1-2H3. The SMILES string of the molecule is Cc1c(Br)c(C(F)(F)F)nn1C(C)C(=O)N1CCN(c2ncccn2)CC1. The Kier molecular flexibility index (Phi) is 5.41. The summed E-state index contributed by atoms with van der Waals surface area (Å²) < 4.78 is 40.1. The van der Waals surface area contributed by atoms with E-state index in [1.165, 1.54) is 6.92 Å². The highest BCUT2D eigenvalue weighted by atomic mass is 79.9. The maximum Gasteiger partial charge on any atom is 0.436 e. The van der Waals surface area contributed by atoms with Crippen LogP contribution in [0.2, 0.25) is 0 Å². The molecular formula is C16H18BrF3N6O. The molecule has 1 unspecified atom stereocenters. The van der Waals surface area contributed by atoms with Gasteiger partial charge in [0.15, 0.2) is 5.69 Å². The molecule has 11 heteroatoms. The van der Waals surface area contributed by atoms with Crippen molar-refractivity contribution in [2.45, 2.75) is 26.1 Å². The van der Waals surface area contributed by atoms with E-state index in [9.17, 15) is 18.0 Å². The van der Waals surface area contributed by atoms with Crippen molar-refractivity contribution < 1.29 is 18.0 Å². The summed E-state index contributed by atoms with van der Waals surface area (Å²) in [6.07, 6.45) is -1.28. The fraction of sp³-hybridized carbons (Fsp3) is 0.500. The first-order chi connectivity index (χ1) is 12.7. The van der Waals surface area contributed by atoms with E-state index in [1.807, 2.05) is 4.90 Å². The number of hydrogen-bond acceptors (Lipinski definition) is 5. The Morgan fingerprint density at radius 1 is 1.19 bits per heavy atom. The predicted octanol–water partition coefficient (Wildman–Crippen LogP) is 2.67. The van der Waals surface area contributed by atoms with E-state index in [4.69, 9.17) is 0 Å². The number of hydrogen-bond donors (Lipinski definition) is 0. The molecule has 2 aromatic rings. The molecule has 3 rings (SSSR count). The zero-order valence-electron chi connectivity index (χ0n) is 14.7. The van der Waals surface area contributed by atoms with Crippen molar-refractivity contribution in [2.75, 3.05) is 31.1 Å². The largest absolute Gasteiger partial charge is 0.436 e. The lowest BCUT2D eigenvalue weighted by Crippen LogP contribution is -2.50. The van der Waals surface area contributed by atoms with Gasteiger partial charge in [0.2, 0.25) is 11.9 Å². The van der Waals surface area contributed by atoms with Crippen molar-refractivity contribution in [2.24, 2.45) is 0 Å². The molecule has 7 nitrogen and oxygen atoms in total. The lowest BCUT2D eigenvalue weighted by molar-refractivity contribution is -0.143. The monoisotopic (exact) mass is 446 g/mol. The lowest BCUT2D eigenvalue weighted by Gasteiger charge is -2.36. The number of piperazine rings is 1. The number of nitrogens with zero attached hydrogens (tertiary/aromatic N) is 6. The van der Waals surface area contributed by atoms with E-state index >= 15 is 0 Å². The number of amides is 1. The average Bonchev–Trinajstić information content (AvgIpc) is 2.97. The molecule has 0 aromatic carbocycles. The molecule has 0 spiro atoms. The molecule has 2 aromatic heterocycles. The molecule has 1 aliphatic heterocycles. The van der Waals surface area contributed by atoms with Crippen LogP contribution in [0.15, 0.2) is 22.9 Å². The summed E-state index contributed by atoms with van der Waals surface area (Å²) in [6.45, 7) is 5.04. The first kappa shape index (κ1) is 19.6. The topological polar surface area (TPSA) is 67.2 Å². The van der Waals surface area contributed by atoms with Gasteiger partial charge in [0.05, 0.1) is 10.2 Å². The van der Waals surface area contributed by atoms with Crippen molar-refractivity contribution in [1.82, 2.24) is 24.6 Å². The summed E-state index contributed by atoms with van der Waals surface area (Å²) in [6, 6.07) is 0.891. The van der Waals surface area contributed by atoms with E-state index in [0.717, 1.165) is 4.68 Å². The molecule has 0 N–H and O–H groups in total. The van der Waals surface area contributed by atoms with Gasteiger partial charge in [-0.3, -0.25) is 9.48 Å². The molecule has 0 radical (unpaired) electrons. The molecule has 1 aliphatic rings. The molecular weight excluding hydrogens is 429 g/mol. The predicted molar refractivity (Wildman–Crippen MR) is 95.2 cm³/mol. The van der Waals surface area contributed by atoms with Gasteiger partial charge in [-0.2, -0.15) is 18.3 Å². The van der Waals surface area contributed by atoms with E-state index < -0.39 is 17.9 Å². The maximum atomic E-state index is 13.0. The fourth-order valence-electron chi connectivity index (χ4n) is 3.01. The second-order valence-electron chi connectivity index (χ2n) is 6.23. The van der Waals surface area contributed by atoms with Gasteiger partial charge in [-0.25, -0.2) is 9.97 Å². The molecule has 1 saturated heterocycles. The van der Waals surface area contributed by atoms with Crippen molar-refractivity contribution in [1.29, 1.82) is 0 Å².